The van der Waals surface area contributed by atoms with E-state index in [1.165, 1.54) is 13.1 Å². The van der Waals surface area contributed by atoms with E-state index in [9.17, 15) is 18.0 Å². The maximum absolute atomic E-state index is 12.6. The highest BCUT2D eigenvalue weighted by Gasteiger charge is 2.35. The first-order valence-electron chi connectivity index (χ1n) is 4.37. The Balaban J connectivity index is 3.33. The molecule has 0 aromatic heterocycles. The quantitative estimate of drug-likeness (QED) is 0.798. The van der Waals surface area contributed by atoms with Crippen molar-refractivity contribution in [3.63, 3.8) is 0 Å². The third-order valence-electron chi connectivity index (χ3n) is 2.02. The van der Waals surface area contributed by atoms with Crippen molar-refractivity contribution in [3.8, 4) is 0 Å². The van der Waals surface area contributed by atoms with Crippen molar-refractivity contribution in [1.82, 2.24) is 0 Å². The van der Waals surface area contributed by atoms with Crippen molar-refractivity contribution >= 4 is 11.7 Å². The fourth-order valence-corrected chi connectivity index (χ4v) is 1.22. The summed E-state index contributed by atoms with van der Waals surface area (Å²) in [5.41, 5.74) is -1.22. The molecule has 6 heteroatoms. The van der Waals surface area contributed by atoms with E-state index < -0.39 is 23.3 Å². The molecule has 1 aromatic rings. The number of nitrogens with one attached hydrogen (secondary N) is 1. The number of rotatable bonds is 2. The molecule has 1 rings (SSSR count). The second-order valence-electron chi connectivity index (χ2n) is 3.00. The third-order valence-corrected chi connectivity index (χ3v) is 2.02. The van der Waals surface area contributed by atoms with Crippen LogP contribution in [0.15, 0.2) is 18.2 Å². The molecular weight excluding hydrogens is 223 g/mol. The van der Waals surface area contributed by atoms with Gasteiger partial charge in [-0.2, -0.15) is 13.2 Å². The monoisotopic (exact) mass is 233 g/mol. The Kier molecular flexibility index (Phi) is 3.41. The topological polar surface area (TPSA) is 38.3 Å². The zero-order valence-electron chi connectivity index (χ0n) is 8.68. The molecule has 0 unspecified atom stereocenters. The minimum atomic E-state index is -4.59. The van der Waals surface area contributed by atoms with Crippen LogP contribution in [0.1, 0.15) is 15.9 Å². The van der Waals surface area contributed by atoms with Crippen LogP contribution in [0.2, 0.25) is 0 Å². The van der Waals surface area contributed by atoms with Crippen LogP contribution in [0, 0.1) is 0 Å². The van der Waals surface area contributed by atoms with E-state index in [1.807, 2.05) is 0 Å². The van der Waals surface area contributed by atoms with Crippen LogP contribution in [-0.2, 0) is 10.9 Å². The van der Waals surface area contributed by atoms with Gasteiger partial charge in [0, 0.05) is 12.7 Å². The second-order valence-corrected chi connectivity index (χ2v) is 3.00. The minimum Gasteiger partial charge on any atom is -0.465 e. The van der Waals surface area contributed by atoms with Gasteiger partial charge in [0.2, 0.25) is 0 Å². The number of hydrogen-bond donors (Lipinski definition) is 1. The Bertz CT molecular complexity index is 402. The van der Waals surface area contributed by atoms with Crippen molar-refractivity contribution in [2.24, 2.45) is 0 Å². The summed E-state index contributed by atoms with van der Waals surface area (Å²) in [4.78, 5) is 11.1. The van der Waals surface area contributed by atoms with Crippen molar-refractivity contribution in [1.29, 1.82) is 0 Å². The Morgan fingerprint density at radius 1 is 1.38 bits per heavy atom. The molecule has 0 radical (unpaired) electrons. The average molecular weight is 233 g/mol. The first-order chi connectivity index (χ1) is 7.40. The maximum atomic E-state index is 12.6. The maximum Gasteiger partial charge on any atom is 0.417 e. The SMILES string of the molecule is CNc1ccc(C(=O)OC)c(C(F)(F)F)c1. The van der Waals surface area contributed by atoms with Gasteiger partial charge >= 0.3 is 12.1 Å². The number of benzene rings is 1. The molecule has 1 aromatic carbocycles. The molecule has 0 bridgehead atoms. The first-order valence-corrected chi connectivity index (χ1v) is 4.37. The first kappa shape index (κ1) is 12.4. The minimum absolute atomic E-state index is 0.278. The van der Waals surface area contributed by atoms with Crippen molar-refractivity contribution in [3.05, 3.63) is 29.3 Å². The fraction of sp³-hybridized carbons (Fsp3) is 0.300. The van der Waals surface area contributed by atoms with Crippen LogP contribution in [-0.4, -0.2) is 20.1 Å². The third kappa shape index (κ3) is 2.44. The number of ether oxygens (including phenoxy) is 1. The normalized spacial score (nSPS) is 11.1. The molecule has 0 aliphatic carbocycles. The van der Waals surface area contributed by atoms with E-state index in [2.05, 4.69) is 10.1 Å². The highest BCUT2D eigenvalue weighted by Crippen LogP contribution is 2.34. The highest BCUT2D eigenvalue weighted by molar-refractivity contribution is 5.91. The van der Waals surface area contributed by atoms with Crippen LogP contribution < -0.4 is 5.32 Å². The molecule has 0 aliphatic heterocycles. The summed E-state index contributed by atoms with van der Waals surface area (Å²) < 4.78 is 42.2. The summed E-state index contributed by atoms with van der Waals surface area (Å²) in [6.45, 7) is 0. The van der Waals surface area contributed by atoms with Crippen LogP contribution in [0.25, 0.3) is 0 Å². The summed E-state index contributed by atoms with van der Waals surface area (Å²) in [5.74, 6) is -1.00. The fourth-order valence-electron chi connectivity index (χ4n) is 1.22. The Hall–Kier alpha value is -1.72. The zero-order valence-corrected chi connectivity index (χ0v) is 8.68. The molecule has 0 aliphatic rings. The Morgan fingerprint density at radius 3 is 2.44 bits per heavy atom. The lowest BCUT2D eigenvalue weighted by Crippen LogP contribution is -2.14. The number of carbonyl (C=O) groups excluding carboxylic acids is 1. The summed E-state index contributed by atoms with van der Waals surface area (Å²) in [6.07, 6.45) is -4.59. The molecule has 0 saturated heterocycles. The van der Waals surface area contributed by atoms with E-state index >= 15 is 0 Å². The van der Waals surface area contributed by atoms with Crippen LogP contribution in [0.4, 0.5) is 18.9 Å². The van der Waals surface area contributed by atoms with Crippen LogP contribution in [0.3, 0.4) is 0 Å². The van der Waals surface area contributed by atoms with Gasteiger partial charge in [0.05, 0.1) is 18.2 Å². The summed E-state index contributed by atoms with van der Waals surface area (Å²) in [6, 6.07) is 3.33. The van der Waals surface area contributed by atoms with Crippen molar-refractivity contribution in [2.45, 2.75) is 6.18 Å². The number of alkyl halides is 3. The number of carbonyl (C=O) groups is 1. The Labute approximate surface area is 90.2 Å². The smallest absolute Gasteiger partial charge is 0.417 e. The van der Waals surface area contributed by atoms with E-state index in [-0.39, 0.29) is 5.69 Å². The number of hydrogen-bond acceptors (Lipinski definition) is 3. The summed E-state index contributed by atoms with van der Waals surface area (Å²) in [5, 5.41) is 2.57. The lowest BCUT2D eigenvalue weighted by atomic mass is 10.1. The molecular formula is C10H10F3NO2. The zero-order chi connectivity index (χ0) is 12.3. The van der Waals surface area contributed by atoms with Gasteiger partial charge in [0.15, 0.2) is 0 Å². The lowest BCUT2D eigenvalue weighted by Gasteiger charge is -2.12. The van der Waals surface area contributed by atoms with Gasteiger partial charge in [-0.25, -0.2) is 4.79 Å². The summed E-state index contributed by atoms with van der Waals surface area (Å²) >= 11 is 0. The molecule has 0 atom stereocenters. The lowest BCUT2D eigenvalue weighted by molar-refractivity contribution is -0.138. The average Bonchev–Trinajstić information content (AvgIpc) is 2.26. The van der Waals surface area contributed by atoms with Crippen LogP contribution in [0.5, 0.6) is 0 Å². The predicted octanol–water partition coefficient (Wildman–Crippen LogP) is 2.53. The van der Waals surface area contributed by atoms with Crippen molar-refractivity contribution < 1.29 is 22.7 Å². The van der Waals surface area contributed by atoms with Gasteiger partial charge in [-0.1, -0.05) is 0 Å². The van der Waals surface area contributed by atoms with E-state index in [4.69, 9.17) is 0 Å². The molecule has 16 heavy (non-hydrogen) atoms. The molecule has 0 saturated carbocycles. The van der Waals surface area contributed by atoms with Gasteiger partial charge in [0.25, 0.3) is 0 Å². The molecule has 0 fully saturated rings. The van der Waals surface area contributed by atoms with Gasteiger partial charge in [-0.05, 0) is 18.2 Å². The summed E-state index contributed by atoms with van der Waals surface area (Å²) in [7, 11) is 2.53. The van der Waals surface area contributed by atoms with Gasteiger partial charge in [-0.3, -0.25) is 0 Å². The Morgan fingerprint density at radius 2 is 2.00 bits per heavy atom. The number of esters is 1. The standard InChI is InChI=1S/C10H10F3NO2/c1-14-6-3-4-7(9(15)16-2)8(5-6)10(11,12)13/h3-5,14H,1-2H3. The van der Waals surface area contributed by atoms with Crippen LogP contribution >= 0.6 is 0 Å². The van der Waals surface area contributed by atoms with Gasteiger partial charge < -0.3 is 10.1 Å². The van der Waals surface area contributed by atoms with E-state index in [0.717, 1.165) is 19.2 Å². The second kappa shape index (κ2) is 4.42. The molecule has 0 heterocycles. The predicted molar refractivity (Wildman–Crippen MR) is 52.3 cm³/mol. The van der Waals surface area contributed by atoms with Gasteiger partial charge in [-0.15, -0.1) is 0 Å². The number of anilines is 1. The van der Waals surface area contributed by atoms with Crippen molar-refractivity contribution in [2.75, 3.05) is 19.5 Å². The van der Waals surface area contributed by atoms with E-state index in [0.29, 0.717) is 0 Å². The largest absolute Gasteiger partial charge is 0.465 e. The molecule has 3 nitrogen and oxygen atoms in total. The van der Waals surface area contributed by atoms with Gasteiger partial charge in [0.1, 0.15) is 0 Å². The molecule has 88 valence electrons. The number of halogens is 3. The molecule has 1 N–H and O–H groups in total. The molecule has 0 amide bonds. The number of methoxy groups -OCH3 is 1. The van der Waals surface area contributed by atoms with E-state index in [1.54, 1.807) is 0 Å². The highest BCUT2D eigenvalue weighted by atomic mass is 19.4. The molecule has 0 spiro atoms.